The Balaban J connectivity index is 1.73. The number of nitrogens with zero attached hydrogens (tertiary/aromatic N) is 2. The van der Waals surface area contributed by atoms with E-state index < -0.39 is 0 Å². The van der Waals surface area contributed by atoms with Gasteiger partial charge >= 0.3 is 0 Å². The Morgan fingerprint density at radius 1 is 1.12 bits per heavy atom. The zero-order chi connectivity index (χ0) is 16.4. The molecule has 0 saturated carbocycles. The second-order valence-corrected chi connectivity index (χ2v) is 6.13. The number of para-hydroxylation sites is 3. The minimum absolute atomic E-state index is 0.00258. The zero-order valence-corrected chi connectivity index (χ0v) is 13.4. The Bertz CT molecular complexity index is 850. The van der Waals surface area contributed by atoms with Gasteiger partial charge in [-0.3, -0.25) is 14.7 Å². The zero-order valence-electron chi connectivity index (χ0n) is 13.4. The van der Waals surface area contributed by atoms with Crippen molar-refractivity contribution in [1.82, 2.24) is 14.9 Å². The number of imidazole rings is 1. The molecule has 1 amide bonds. The van der Waals surface area contributed by atoms with Crippen molar-refractivity contribution in [2.24, 2.45) is 5.92 Å². The third-order valence-electron chi connectivity index (χ3n) is 4.48. The highest BCUT2D eigenvalue weighted by molar-refractivity contribution is 5.94. The normalized spacial score (nSPS) is 17.8. The molecule has 3 aromatic rings. The lowest BCUT2D eigenvalue weighted by molar-refractivity contribution is -0.120. The second-order valence-electron chi connectivity index (χ2n) is 6.13. The number of benzene rings is 2. The molecule has 1 saturated heterocycles. The number of nitrogens with one attached hydrogen (secondary N) is 2. The molecule has 24 heavy (non-hydrogen) atoms. The minimum Gasteiger partial charge on any atom is -0.316 e. The quantitative estimate of drug-likeness (QED) is 0.780. The van der Waals surface area contributed by atoms with E-state index in [-0.39, 0.29) is 11.8 Å². The molecule has 1 aromatic heterocycles. The third-order valence-corrected chi connectivity index (χ3v) is 4.48. The van der Waals surface area contributed by atoms with E-state index in [0.29, 0.717) is 5.95 Å². The first-order valence-electron chi connectivity index (χ1n) is 8.37. The van der Waals surface area contributed by atoms with Gasteiger partial charge in [0.05, 0.1) is 17.0 Å². The van der Waals surface area contributed by atoms with Gasteiger partial charge in [-0.2, -0.15) is 0 Å². The lowest BCUT2D eigenvalue weighted by Gasteiger charge is -2.21. The van der Waals surface area contributed by atoms with Crippen molar-refractivity contribution in [3.8, 4) is 5.69 Å². The van der Waals surface area contributed by atoms with Crippen molar-refractivity contribution in [2.45, 2.75) is 12.8 Å². The SMILES string of the molecule is O=C(Nc1nc2ccccc2n1-c1ccccc1)C1CCCNC1. The van der Waals surface area contributed by atoms with Gasteiger partial charge in [0.1, 0.15) is 0 Å². The van der Waals surface area contributed by atoms with Crippen LogP contribution in [0.2, 0.25) is 0 Å². The maximum Gasteiger partial charge on any atom is 0.231 e. The third kappa shape index (κ3) is 2.78. The molecule has 5 heteroatoms. The van der Waals surface area contributed by atoms with Crippen LogP contribution in [0.4, 0.5) is 5.95 Å². The summed E-state index contributed by atoms with van der Waals surface area (Å²) in [6, 6.07) is 17.9. The van der Waals surface area contributed by atoms with Crippen LogP contribution in [0, 0.1) is 5.92 Å². The molecule has 1 aliphatic heterocycles. The summed E-state index contributed by atoms with van der Waals surface area (Å²) >= 11 is 0. The molecular weight excluding hydrogens is 300 g/mol. The summed E-state index contributed by atoms with van der Waals surface area (Å²) in [4.78, 5) is 17.3. The van der Waals surface area contributed by atoms with Crippen molar-refractivity contribution >= 4 is 22.9 Å². The van der Waals surface area contributed by atoms with E-state index in [2.05, 4.69) is 15.6 Å². The first-order valence-corrected chi connectivity index (χ1v) is 8.37. The van der Waals surface area contributed by atoms with Gasteiger partial charge in [-0.15, -0.1) is 0 Å². The molecule has 1 atom stereocenters. The molecule has 4 rings (SSSR count). The number of fused-ring (bicyclic) bond motifs is 1. The number of hydrogen-bond acceptors (Lipinski definition) is 3. The van der Waals surface area contributed by atoms with Crippen molar-refractivity contribution in [3.63, 3.8) is 0 Å². The van der Waals surface area contributed by atoms with E-state index in [1.54, 1.807) is 0 Å². The first-order chi connectivity index (χ1) is 11.8. The van der Waals surface area contributed by atoms with Crippen LogP contribution < -0.4 is 10.6 Å². The lowest BCUT2D eigenvalue weighted by Crippen LogP contribution is -2.37. The number of hydrogen-bond donors (Lipinski definition) is 2. The first kappa shape index (κ1) is 14.9. The van der Waals surface area contributed by atoms with Crippen LogP contribution in [0.3, 0.4) is 0 Å². The predicted octanol–water partition coefficient (Wildman–Crippen LogP) is 2.96. The maximum absolute atomic E-state index is 12.6. The highest BCUT2D eigenvalue weighted by atomic mass is 16.2. The summed E-state index contributed by atoms with van der Waals surface area (Å²) in [6.45, 7) is 1.73. The maximum atomic E-state index is 12.6. The molecule has 0 spiro atoms. The van der Waals surface area contributed by atoms with Gasteiger partial charge in [0.25, 0.3) is 0 Å². The lowest BCUT2D eigenvalue weighted by atomic mass is 9.99. The van der Waals surface area contributed by atoms with Gasteiger partial charge in [0, 0.05) is 12.2 Å². The van der Waals surface area contributed by atoms with Crippen molar-refractivity contribution < 1.29 is 4.79 Å². The molecule has 2 heterocycles. The van der Waals surface area contributed by atoms with Crippen molar-refractivity contribution in [1.29, 1.82) is 0 Å². The van der Waals surface area contributed by atoms with Gasteiger partial charge in [-0.1, -0.05) is 30.3 Å². The summed E-state index contributed by atoms with van der Waals surface area (Å²) in [7, 11) is 0. The monoisotopic (exact) mass is 320 g/mol. The summed E-state index contributed by atoms with van der Waals surface area (Å²) < 4.78 is 2.00. The number of rotatable bonds is 3. The molecule has 1 unspecified atom stereocenters. The van der Waals surface area contributed by atoms with Gasteiger partial charge in [0.2, 0.25) is 11.9 Å². The average molecular weight is 320 g/mol. The van der Waals surface area contributed by atoms with E-state index in [4.69, 9.17) is 0 Å². The fourth-order valence-electron chi connectivity index (χ4n) is 3.24. The minimum atomic E-state index is 0.00258. The molecule has 0 aliphatic carbocycles. The molecule has 5 nitrogen and oxygen atoms in total. The largest absolute Gasteiger partial charge is 0.316 e. The average Bonchev–Trinajstić information content (AvgIpc) is 3.01. The van der Waals surface area contributed by atoms with Crippen LogP contribution in [-0.2, 0) is 4.79 Å². The molecule has 1 fully saturated rings. The molecule has 0 radical (unpaired) electrons. The number of carbonyl (C=O) groups excluding carboxylic acids is 1. The standard InChI is InChI=1S/C19H20N4O/c24-18(14-7-6-12-20-13-14)22-19-21-16-10-4-5-11-17(16)23(19)15-8-2-1-3-9-15/h1-5,8-11,14,20H,6-7,12-13H2,(H,21,22,24). The van der Waals surface area contributed by atoms with Gasteiger partial charge in [-0.25, -0.2) is 4.98 Å². The smallest absolute Gasteiger partial charge is 0.231 e. The number of amides is 1. The van der Waals surface area contributed by atoms with E-state index >= 15 is 0 Å². The van der Waals surface area contributed by atoms with Crippen LogP contribution in [0.5, 0.6) is 0 Å². The van der Waals surface area contributed by atoms with Crippen LogP contribution in [0.15, 0.2) is 54.6 Å². The Morgan fingerprint density at radius 2 is 1.92 bits per heavy atom. The fourth-order valence-corrected chi connectivity index (χ4v) is 3.24. The fraction of sp³-hybridized carbons (Fsp3) is 0.263. The summed E-state index contributed by atoms with van der Waals surface area (Å²) in [5, 5.41) is 6.33. The number of anilines is 1. The molecule has 2 N–H and O–H groups in total. The highest BCUT2D eigenvalue weighted by Crippen LogP contribution is 2.25. The van der Waals surface area contributed by atoms with E-state index in [1.165, 1.54) is 0 Å². The molecular formula is C19H20N4O. The number of aromatic nitrogens is 2. The van der Waals surface area contributed by atoms with Crippen LogP contribution in [0.1, 0.15) is 12.8 Å². The topological polar surface area (TPSA) is 59.0 Å². The van der Waals surface area contributed by atoms with E-state index in [0.717, 1.165) is 42.7 Å². The Morgan fingerprint density at radius 3 is 2.71 bits per heavy atom. The highest BCUT2D eigenvalue weighted by Gasteiger charge is 2.23. The Kier molecular flexibility index (Phi) is 4.01. The number of piperidine rings is 1. The van der Waals surface area contributed by atoms with Crippen LogP contribution in [0.25, 0.3) is 16.7 Å². The Labute approximate surface area is 140 Å². The van der Waals surface area contributed by atoms with Gasteiger partial charge in [0.15, 0.2) is 0 Å². The second kappa shape index (κ2) is 6.45. The summed E-state index contributed by atoms with van der Waals surface area (Å²) in [5.74, 6) is 0.621. The molecule has 122 valence electrons. The van der Waals surface area contributed by atoms with Crippen molar-refractivity contribution in [2.75, 3.05) is 18.4 Å². The molecule has 2 aromatic carbocycles. The molecule has 1 aliphatic rings. The van der Waals surface area contributed by atoms with Crippen LogP contribution >= 0.6 is 0 Å². The van der Waals surface area contributed by atoms with Gasteiger partial charge in [-0.05, 0) is 43.7 Å². The predicted molar refractivity (Wildman–Crippen MR) is 95.3 cm³/mol. The Hall–Kier alpha value is -2.66. The van der Waals surface area contributed by atoms with Crippen LogP contribution in [-0.4, -0.2) is 28.5 Å². The number of carbonyl (C=O) groups is 1. The van der Waals surface area contributed by atoms with Gasteiger partial charge < -0.3 is 5.32 Å². The van der Waals surface area contributed by atoms with E-state index in [1.807, 2.05) is 59.2 Å². The molecule has 0 bridgehead atoms. The van der Waals surface area contributed by atoms with Crippen molar-refractivity contribution in [3.05, 3.63) is 54.6 Å². The summed E-state index contributed by atoms with van der Waals surface area (Å²) in [6.07, 6.45) is 1.96. The van der Waals surface area contributed by atoms with E-state index in [9.17, 15) is 4.79 Å². The summed E-state index contributed by atoms with van der Waals surface area (Å²) in [5.41, 5.74) is 2.85.